The van der Waals surface area contributed by atoms with Gasteiger partial charge < -0.3 is 14.8 Å². The van der Waals surface area contributed by atoms with Crippen LogP contribution in [0.5, 0.6) is 0 Å². The second kappa shape index (κ2) is 8.94. The number of hydrogen-bond donors (Lipinski definition) is 1. The van der Waals surface area contributed by atoms with Crippen LogP contribution in [0, 0.1) is 0 Å². The van der Waals surface area contributed by atoms with E-state index in [0.29, 0.717) is 5.69 Å². The fourth-order valence-electron chi connectivity index (χ4n) is 2.92. The van der Waals surface area contributed by atoms with Gasteiger partial charge >= 0.3 is 0 Å². The molecular formula is C21H23N5O2. The highest BCUT2D eigenvalue weighted by Crippen LogP contribution is 2.16. The third kappa shape index (κ3) is 4.62. The van der Waals surface area contributed by atoms with E-state index in [1.165, 1.54) is 0 Å². The molecule has 0 unspecified atom stereocenters. The highest BCUT2D eigenvalue weighted by molar-refractivity contribution is 6.42. The lowest BCUT2D eigenvalue weighted by Gasteiger charge is -2.21. The first kappa shape index (κ1) is 19.3. The molecule has 144 valence electrons. The molecule has 0 spiro atoms. The first-order valence-electron chi connectivity index (χ1n) is 9.05. The molecule has 0 fully saturated rings. The van der Waals surface area contributed by atoms with Gasteiger partial charge in [-0.1, -0.05) is 12.1 Å². The van der Waals surface area contributed by atoms with Gasteiger partial charge in [0.15, 0.2) is 0 Å². The normalized spacial score (nSPS) is 10.5. The van der Waals surface area contributed by atoms with Crippen molar-refractivity contribution >= 4 is 17.5 Å². The lowest BCUT2D eigenvalue weighted by atomic mass is 10.2. The van der Waals surface area contributed by atoms with Gasteiger partial charge in [-0.15, -0.1) is 0 Å². The van der Waals surface area contributed by atoms with E-state index >= 15 is 0 Å². The fraction of sp³-hybridized carbons (Fsp3) is 0.238. The first-order valence-corrected chi connectivity index (χ1v) is 9.05. The summed E-state index contributed by atoms with van der Waals surface area (Å²) in [5.74, 6) is -0.417. The number of Topliss-reactive ketones (excluding diaryl/α,β-unsaturated/α-hetero) is 1. The van der Waals surface area contributed by atoms with Crippen LogP contribution in [0.2, 0.25) is 0 Å². The van der Waals surface area contributed by atoms with E-state index < -0.39 is 11.7 Å². The molecule has 3 aromatic rings. The zero-order valence-electron chi connectivity index (χ0n) is 16.0. The van der Waals surface area contributed by atoms with Gasteiger partial charge in [0.1, 0.15) is 5.82 Å². The zero-order valence-corrected chi connectivity index (χ0v) is 16.0. The Kier molecular flexibility index (Phi) is 6.16. The largest absolute Gasteiger partial charge is 0.359 e. The summed E-state index contributed by atoms with van der Waals surface area (Å²) in [5, 5.41) is 2.70. The van der Waals surface area contributed by atoms with Crippen molar-refractivity contribution in [1.82, 2.24) is 19.9 Å². The highest BCUT2D eigenvalue weighted by atomic mass is 16.2. The molecule has 0 saturated heterocycles. The van der Waals surface area contributed by atoms with E-state index in [9.17, 15) is 9.59 Å². The summed E-state index contributed by atoms with van der Waals surface area (Å²) >= 11 is 0. The molecule has 0 atom stereocenters. The Bertz CT molecular complexity index is 952. The highest BCUT2D eigenvalue weighted by Gasteiger charge is 2.19. The quantitative estimate of drug-likeness (QED) is 0.480. The monoisotopic (exact) mass is 377 g/mol. The second-order valence-corrected chi connectivity index (χ2v) is 6.49. The molecule has 0 bridgehead atoms. The molecule has 0 aliphatic heterocycles. The number of ketones is 1. The summed E-state index contributed by atoms with van der Waals surface area (Å²) in [6.07, 6.45) is 6.01. The lowest BCUT2D eigenvalue weighted by molar-refractivity contribution is -0.117. The maximum absolute atomic E-state index is 12.3. The number of aryl methyl sites for hydroxylation is 1. The Morgan fingerprint density at radius 2 is 1.89 bits per heavy atom. The zero-order chi connectivity index (χ0) is 19.9. The van der Waals surface area contributed by atoms with Crippen molar-refractivity contribution in [3.63, 3.8) is 0 Å². The van der Waals surface area contributed by atoms with E-state index in [2.05, 4.69) is 15.3 Å². The van der Waals surface area contributed by atoms with Crippen molar-refractivity contribution in [3.8, 4) is 0 Å². The van der Waals surface area contributed by atoms with Gasteiger partial charge in [-0.2, -0.15) is 0 Å². The molecule has 3 heterocycles. The third-order valence-electron chi connectivity index (χ3n) is 4.48. The van der Waals surface area contributed by atoms with Gasteiger partial charge in [0.2, 0.25) is 0 Å². The Morgan fingerprint density at radius 1 is 1.07 bits per heavy atom. The Morgan fingerprint density at radius 3 is 2.61 bits per heavy atom. The van der Waals surface area contributed by atoms with Crippen LogP contribution in [-0.2, 0) is 24.8 Å². The number of nitrogens with zero attached hydrogens (tertiary/aromatic N) is 4. The van der Waals surface area contributed by atoms with E-state index in [-0.39, 0.29) is 6.54 Å². The average molecular weight is 377 g/mol. The van der Waals surface area contributed by atoms with Crippen molar-refractivity contribution < 1.29 is 9.59 Å². The van der Waals surface area contributed by atoms with E-state index in [1.54, 1.807) is 42.3 Å². The van der Waals surface area contributed by atoms with Crippen LogP contribution in [0.25, 0.3) is 0 Å². The van der Waals surface area contributed by atoms with Crippen LogP contribution >= 0.6 is 0 Å². The number of carbonyl (C=O) groups is 2. The summed E-state index contributed by atoms with van der Waals surface area (Å²) in [4.78, 5) is 35.3. The molecule has 7 heteroatoms. The number of amides is 1. The summed E-state index contributed by atoms with van der Waals surface area (Å²) in [5.41, 5.74) is 2.21. The molecule has 0 aliphatic rings. The molecule has 0 radical (unpaired) electrons. The predicted molar refractivity (Wildman–Crippen MR) is 107 cm³/mol. The Hall–Kier alpha value is -3.48. The van der Waals surface area contributed by atoms with Crippen molar-refractivity contribution in [2.45, 2.75) is 13.0 Å². The maximum Gasteiger partial charge on any atom is 0.294 e. The van der Waals surface area contributed by atoms with Crippen LogP contribution in [0.1, 0.15) is 21.7 Å². The summed E-state index contributed by atoms with van der Waals surface area (Å²) in [6, 6.07) is 12.9. The van der Waals surface area contributed by atoms with Crippen LogP contribution in [0.4, 0.5) is 5.82 Å². The van der Waals surface area contributed by atoms with Crippen LogP contribution < -0.4 is 10.2 Å². The smallest absolute Gasteiger partial charge is 0.294 e. The average Bonchev–Trinajstić information content (AvgIpc) is 3.16. The number of hydrogen-bond acceptors (Lipinski definition) is 5. The number of anilines is 1. The minimum atomic E-state index is -0.632. The van der Waals surface area contributed by atoms with E-state index in [4.69, 9.17) is 0 Å². The predicted octanol–water partition coefficient (Wildman–Crippen LogP) is 1.99. The minimum absolute atomic E-state index is 0.228. The van der Waals surface area contributed by atoms with Crippen molar-refractivity contribution in [3.05, 3.63) is 78.0 Å². The molecule has 7 nitrogen and oxygen atoms in total. The molecule has 1 N–H and O–H groups in total. The van der Waals surface area contributed by atoms with Gasteiger partial charge in [0, 0.05) is 63.5 Å². The summed E-state index contributed by atoms with van der Waals surface area (Å²) in [6.45, 7) is 0.962. The number of carbonyl (C=O) groups excluding carboxylic acids is 2. The van der Waals surface area contributed by atoms with Crippen molar-refractivity contribution in [2.75, 3.05) is 18.5 Å². The Balaban J connectivity index is 1.62. The van der Waals surface area contributed by atoms with E-state index in [0.717, 1.165) is 30.0 Å². The molecule has 3 rings (SSSR count). The third-order valence-corrected chi connectivity index (χ3v) is 4.48. The van der Waals surface area contributed by atoms with Crippen LogP contribution in [-0.4, -0.2) is 39.8 Å². The van der Waals surface area contributed by atoms with Gasteiger partial charge in [-0.05, 0) is 30.3 Å². The number of likely N-dealkylation sites (N-methyl/N-ethyl adjacent to an activating group) is 1. The number of rotatable bonds is 8. The van der Waals surface area contributed by atoms with Crippen molar-refractivity contribution in [1.29, 1.82) is 0 Å². The SMILES string of the molecule is CN(CCc1ccccn1)c1ncccc1CNC(=O)C(=O)c1cccn1C. The Labute approximate surface area is 164 Å². The summed E-state index contributed by atoms with van der Waals surface area (Å²) < 4.78 is 1.63. The van der Waals surface area contributed by atoms with Gasteiger partial charge in [0.25, 0.3) is 11.7 Å². The second-order valence-electron chi connectivity index (χ2n) is 6.49. The molecule has 1 amide bonds. The molecule has 0 saturated carbocycles. The number of aromatic nitrogens is 3. The lowest BCUT2D eigenvalue weighted by Crippen LogP contribution is -2.32. The minimum Gasteiger partial charge on any atom is -0.359 e. The molecule has 0 aliphatic carbocycles. The standard InChI is InChI=1S/C21H23N5O2/c1-25-13-6-9-18(25)19(27)21(28)24-15-16-7-5-12-23-20(16)26(2)14-10-17-8-3-4-11-22-17/h3-9,11-13H,10,14-15H2,1-2H3,(H,24,28). The number of nitrogens with one attached hydrogen (secondary N) is 1. The van der Waals surface area contributed by atoms with Crippen LogP contribution in [0.3, 0.4) is 0 Å². The topological polar surface area (TPSA) is 80.1 Å². The van der Waals surface area contributed by atoms with E-state index in [1.807, 2.05) is 42.3 Å². The van der Waals surface area contributed by atoms with Gasteiger partial charge in [-0.3, -0.25) is 14.6 Å². The van der Waals surface area contributed by atoms with Crippen LogP contribution in [0.15, 0.2) is 61.1 Å². The molecular weight excluding hydrogens is 354 g/mol. The maximum atomic E-state index is 12.3. The molecule has 28 heavy (non-hydrogen) atoms. The van der Waals surface area contributed by atoms with Gasteiger partial charge in [-0.25, -0.2) is 4.98 Å². The summed E-state index contributed by atoms with van der Waals surface area (Å²) in [7, 11) is 3.68. The molecule has 3 aromatic heterocycles. The number of pyridine rings is 2. The fourth-order valence-corrected chi connectivity index (χ4v) is 2.92. The first-order chi connectivity index (χ1) is 13.6. The van der Waals surface area contributed by atoms with Crippen molar-refractivity contribution in [2.24, 2.45) is 7.05 Å². The molecule has 0 aromatic carbocycles. The van der Waals surface area contributed by atoms with Gasteiger partial charge in [0.05, 0.1) is 5.69 Å².